The minimum Gasteiger partial charge on any atom is -0.465 e. The summed E-state index contributed by atoms with van der Waals surface area (Å²) in [5.74, 6) is -2.40. The highest BCUT2D eigenvalue weighted by molar-refractivity contribution is 14.1. The maximum absolute atomic E-state index is 18.1. The molecule has 4 rings (SSSR count). The number of halogens is 3. The second kappa shape index (κ2) is 19.3. The van der Waals surface area contributed by atoms with Crippen LogP contribution in [0.5, 0.6) is 0 Å². The highest BCUT2D eigenvalue weighted by Gasteiger charge is 2.58. The molecule has 2 aliphatic rings. The summed E-state index contributed by atoms with van der Waals surface area (Å²) in [4.78, 5) is 54.1. The van der Waals surface area contributed by atoms with Crippen molar-refractivity contribution in [2.45, 2.75) is 74.8 Å². The van der Waals surface area contributed by atoms with Gasteiger partial charge in [0.25, 0.3) is 0 Å². The molecule has 0 N–H and O–H groups in total. The molecule has 3 heterocycles. The summed E-state index contributed by atoms with van der Waals surface area (Å²) in [5, 5.41) is 0. The first-order valence-electron chi connectivity index (χ1n) is 18.9. The Morgan fingerprint density at radius 2 is 1.18 bits per heavy atom. The van der Waals surface area contributed by atoms with Crippen LogP contribution in [0.3, 0.4) is 0 Å². The molecule has 0 spiro atoms. The predicted octanol–water partition coefficient (Wildman–Crippen LogP) is 5.51. The molecular weight excluding hydrogens is 828 g/mol. The average molecular weight is 881 g/mol. The van der Waals surface area contributed by atoms with E-state index in [-0.39, 0.29) is 77.1 Å². The highest BCUT2D eigenvalue weighted by atomic mass is 127. The number of esters is 4. The van der Waals surface area contributed by atoms with Gasteiger partial charge in [-0.25, -0.2) is 0 Å². The average Bonchev–Trinajstić information content (AvgIpc) is 3.55. The maximum atomic E-state index is 18.1. The van der Waals surface area contributed by atoms with E-state index in [1.165, 1.54) is 9.80 Å². The zero-order chi connectivity index (χ0) is 40.6. The second-order valence-electron chi connectivity index (χ2n) is 13.2. The van der Waals surface area contributed by atoms with Gasteiger partial charge in [0, 0.05) is 32.6 Å². The molecule has 2 aromatic rings. The van der Waals surface area contributed by atoms with E-state index in [1.54, 1.807) is 27.7 Å². The molecule has 0 atom stereocenters. The Morgan fingerprint density at radius 1 is 0.727 bits per heavy atom. The van der Waals surface area contributed by atoms with E-state index < -0.39 is 30.8 Å². The molecule has 2 aliphatic heterocycles. The second-order valence-corrected chi connectivity index (χ2v) is 14.5. The van der Waals surface area contributed by atoms with Gasteiger partial charge in [0.1, 0.15) is 0 Å². The first kappa shape index (κ1) is 43.8. The SMILES string of the molecule is CCOC(=O)CN(CC(=O)OCC)CC1=[N+]2C(=C(c3ccc(I)cc3)c3c(C)c(CC)c(CN(CC(=O)OCC)CC(=O)OCC)n3[B-]2(F)F)C(C)=C1CC. The summed E-state index contributed by atoms with van der Waals surface area (Å²) >= 11 is 2.21. The Morgan fingerprint density at radius 3 is 1.60 bits per heavy atom. The van der Waals surface area contributed by atoms with E-state index >= 15 is 8.63 Å². The zero-order valence-corrected chi connectivity index (χ0v) is 35.2. The number of hydrogen-bond donors (Lipinski definition) is 0. The van der Waals surface area contributed by atoms with Gasteiger partial charge in [0.2, 0.25) is 0 Å². The van der Waals surface area contributed by atoms with Gasteiger partial charge in [-0.05, 0) is 106 Å². The lowest BCUT2D eigenvalue weighted by Gasteiger charge is -2.36. The molecule has 0 fully saturated rings. The first-order valence-corrected chi connectivity index (χ1v) is 19.9. The molecule has 0 amide bonds. The Balaban J connectivity index is 2.07. The van der Waals surface area contributed by atoms with E-state index in [2.05, 4.69) is 22.6 Å². The van der Waals surface area contributed by atoms with Gasteiger partial charge in [-0.2, -0.15) is 0 Å². The normalized spacial score (nSPS) is 14.8. The number of fused-ring (bicyclic) bond motifs is 2. The van der Waals surface area contributed by atoms with Crippen LogP contribution in [-0.2, 0) is 51.1 Å². The van der Waals surface area contributed by atoms with E-state index in [0.717, 1.165) is 18.1 Å². The quantitative estimate of drug-likeness (QED) is 0.0774. The molecule has 0 aliphatic carbocycles. The standard InChI is InChI=1S/C39H52BF2IN4O8/c1-9-29-25(7)38-37(27-15-17-28(43)18-16-27)39-26(8)30(10-2)32(20-45(23-35(50)54-13-5)24-36(51)55-14-6)47(39)40(41,42)46(38)31(29)19-44(21-33(48)52-11-3)22-34(49)53-12-4/h15-18H,9-14,19-24H2,1-8H3. The molecule has 300 valence electrons. The largest absolute Gasteiger partial charge is 0.737 e. The van der Waals surface area contributed by atoms with Crippen molar-refractivity contribution in [2.24, 2.45) is 0 Å². The number of allylic oxidation sites excluding steroid dienone is 1. The van der Waals surface area contributed by atoms with Crippen LogP contribution in [0.15, 0.2) is 41.1 Å². The van der Waals surface area contributed by atoms with Crippen LogP contribution < -0.4 is 0 Å². The molecule has 0 bridgehead atoms. The highest BCUT2D eigenvalue weighted by Crippen LogP contribution is 2.47. The van der Waals surface area contributed by atoms with Crippen molar-refractivity contribution in [2.75, 3.05) is 59.2 Å². The van der Waals surface area contributed by atoms with Crippen molar-refractivity contribution in [3.63, 3.8) is 0 Å². The van der Waals surface area contributed by atoms with Crippen molar-refractivity contribution in [1.29, 1.82) is 0 Å². The van der Waals surface area contributed by atoms with Crippen LogP contribution >= 0.6 is 22.6 Å². The zero-order valence-electron chi connectivity index (χ0n) is 33.1. The molecule has 12 nitrogen and oxygen atoms in total. The lowest BCUT2D eigenvalue weighted by molar-refractivity contribution is -0.364. The molecule has 0 saturated carbocycles. The van der Waals surface area contributed by atoms with Crippen LogP contribution in [0.25, 0.3) is 5.57 Å². The topological polar surface area (TPSA) is 120 Å². The maximum Gasteiger partial charge on any atom is 0.737 e. The van der Waals surface area contributed by atoms with Crippen molar-refractivity contribution in [3.05, 3.63) is 72.8 Å². The Kier molecular flexibility index (Phi) is 15.4. The Bertz CT molecular complexity index is 1850. The number of aromatic nitrogens is 1. The lowest BCUT2D eigenvalue weighted by Crippen LogP contribution is -2.54. The van der Waals surface area contributed by atoms with Gasteiger partial charge in [0.15, 0.2) is 11.4 Å². The monoisotopic (exact) mass is 880 g/mol. The van der Waals surface area contributed by atoms with Crippen LogP contribution in [0.2, 0.25) is 0 Å². The minimum atomic E-state index is -4.68. The molecule has 0 unspecified atom stereocenters. The van der Waals surface area contributed by atoms with Gasteiger partial charge in [0.05, 0.1) is 64.7 Å². The molecular formula is C39H52BF2IN4O8. The van der Waals surface area contributed by atoms with Crippen molar-refractivity contribution in [3.8, 4) is 0 Å². The Labute approximate surface area is 335 Å². The minimum absolute atomic E-state index is 0.114. The molecule has 1 aromatic carbocycles. The van der Waals surface area contributed by atoms with E-state index in [0.29, 0.717) is 52.1 Å². The third-order valence-corrected chi connectivity index (χ3v) is 10.4. The molecule has 0 radical (unpaired) electrons. The number of ether oxygens (including phenoxy) is 4. The number of carbonyl (C=O) groups is 4. The van der Waals surface area contributed by atoms with Gasteiger partial charge < -0.3 is 36.5 Å². The number of rotatable bonds is 19. The summed E-state index contributed by atoms with van der Waals surface area (Å²) in [6, 6.07) is 7.69. The lowest BCUT2D eigenvalue weighted by atomic mass is 9.83. The third kappa shape index (κ3) is 9.56. The molecule has 0 saturated heterocycles. The summed E-state index contributed by atoms with van der Waals surface area (Å²) < 4.78 is 60.2. The van der Waals surface area contributed by atoms with Gasteiger partial charge in [-0.15, -0.1) is 0 Å². The van der Waals surface area contributed by atoms with Crippen molar-refractivity contribution < 1.29 is 51.2 Å². The van der Waals surface area contributed by atoms with E-state index in [9.17, 15) is 19.2 Å². The summed E-state index contributed by atoms with van der Waals surface area (Å²) in [6.45, 7) is 8.26. The van der Waals surface area contributed by atoms with Crippen molar-refractivity contribution >= 4 is 64.7 Å². The number of nitrogens with zero attached hydrogens (tertiary/aromatic N) is 4. The van der Waals surface area contributed by atoms with Crippen LogP contribution in [0.1, 0.15) is 83.0 Å². The first-order chi connectivity index (χ1) is 26.2. The van der Waals surface area contributed by atoms with E-state index in [1.807, 2.05) is 52.0 Å². The fourth-order valence-electron chi connectivity index (χ4n) is 7.66. The summed E-state index contributed by atoms with van der Waals surface area (Å²) in [5.41, 5.74) is 5.21. The van der Waals surface area contributed by atoms with Gasteiger partial charge >= 0.3 is 30.8 Å². The van der Waals surface area contributed by atoms with Crippen LogP contribution in [0, 0.1) is 10.5 Å². The van der Waals surface area contributed by atoms with Gasteiger partial charge in [-0.3, -0.25) is 29.0 Å². The summed E-state index contributed by atoms with van der Waals surface area (Å²) in [6.07, 6.45) is 0.793. The van der Waals surface area contributed by atoms with Crippen LogP contribution in [0.4, 0.5) is 8.63 Å². The smallest absolute Gasteiger partial charge is 0.465 e. The Hall–Kier alpha value is -3.90. The predicted molar refractivity (Wildman–Crippen MR) is 214 cm³/mol. The third-order valence-electron chi connectivity index (χ3n) is 9.69. The number of carbonyl (C=O) groups excluding carboxylic acids is 4. The van der Waals surface area contributed by atoms with E-state index in [4.69, 9.17) is 18.9 Å². The fraction of sp³-hybridized carbons (Fsp3) is 0.513. The molecule has 55 heavy (non-hydrogen) atoms. The van der Waals surface area contributed by atoms with Gasteiger partial charge in [-0.1, -0.05) is 26.0 Å². The molecule has 16 heteroatoms. The fourth-order valence-corrected chi connectivity index (χ4v) is 8.02. The summed E-state index contributed by atoms with van der Waals surface area (Å²) in [7, 11) is 0. The number of benzene rings is 1. The molecule has 1 aromatic heterocycles. The van der Waals surface area contributed by atoms with Crippen LogP contribution in [-0.4, -0.2) is 114 Å². The number of hydrogen-bond acceptors (Lipinski definition) is 10. The van der Waals surface area contributed by atoms with Crippen molar-refractivity contribution in [1.82, 2.24) is 14.3 Å².